The molecule has 0 radical (unpaired) electrons. The normalized spacial score (nSPS) is 13.5. The molecule has 452 valence electrons. The molecule has 0 aliphatic heterocycles. The second-order valence-electron chi connectivity index (χ2n) is 22.3. The van der Waals surface area contributed by atoms with E-state index in [0.717, 1.165) is 109 Å². The Labute approximate surface area is 485 Å². The Kier molecular flexibility index (Phi) is 57.0. The van der Waals surface area contributed by atoms with Crippen LogP contribution in [0.15, 0.2) is 109 Å². The molecule has 0 saturated carbocycles. The Balaban J connectivity index is 4.09. The standard InChI is InChI=1S/C70H119NO8/c1-6-8-10-12-14-16-18-20-22-23-24-25-26-27-28-29-30-31-32-33-34-35-36-37-38-39-40-41-42-43-44-45-47-49-51-53-55-57-59-61-68(73)79-66(65-78-70(69(74)75)76-63-62-71(3,4)5)64-77-67(72)60-58-56-54-52-50-48-46-21-19-17-15-13-11-9-7-2/h8,10,14,16,20-22,24-25,27-28,30-31,33-34,36-37,46,66,70H,6-7,9,11-13,15,17-19,23,26,29,32,35,38-45,47-65H2,1-5H3/p+1/b10-8-,16-14-,22-20-,25-24-,28-27-,31-30-,34-33-,37-36-,46-21-. The number of carbonyl (C=O) groups is 3. The summed E-state index contributed by atoms with van der Waals surface area (Å²) < 4.78 is 22.9. The zero-order valence-electron chi connectivity index (χ0n) is 51.5. The molecule has 0 aromatic carbocycles. The van der Waals surface area contributed by atoms with Gasteiger partial charge in [0.25, 0.3) is 6.29 Å². The van der Waals surface area contributed by atoms with E-state index in [2.05, 4.69) is 123 Å². The Morgan fingerprint density at radius 3 is 1.09 bits per heavy atom. The smallest absolute Gasteiger partial charge is 0.361 e. The van der Waals surface area contributed by atoms with Crippen molar-refractivity contribution in [1.82, 2.24) is 0 Å². The summed E-state index contributed by atoms with van der Waals surface area (Å²) in [4.78, 5) is 37.4. The van der Waals surface area contributed by atoms with Crippen LogP contribution in [0.2, 0.25) is 0 Å². The summed E-state index contributed by atoms with van der Waals surface area (Å²) in [7, 11) is 5.96. The van der Waals surface area contributed by atoms with E-state index in [0.29, 0.717) is 17.4 Å². The van der Waals surface area contributed by atoms with Gasteiger partial charge in [-0.2, -0.15) is 0 Å². The minimum Gasteiger partial charge on any atom is -0.477 e. The molecule has 0 fully saturated rings. The van der Waals surface area contributed by atoms with Gasteiger partial charge in [0.1, 0.15) is 13.2 Å². The van der Waals surface area contributed by atoms with Crippen LogP contribution in [0.4, 0.5) is 0 Å². The fraction of sp³-hybridized carbons (Fsp3) is 0.700. The highest BCUT2D eigenvalue weighted by molar-refractivity contribution is 5.71. The number of allylic oxidation sites excluding steroid dienone is 18. The van der Waals surface area contributed by atoms with Crippen LogP contribution < -0.4 is 0 Å². The van der Waals surface area contributed by atoms with Gasteiger partial charge < -0.3 is 28.5 Å². The lowest BCUT2D eigenvalue weighted by Crippen LogP contribution is -2.40. The third-order valence-corrected chi connectivity index (χ3v) is 13.5. The van der Waals surface area contributed by atoms with E-state index >= 15 is 0 Å². The summed E-state index contributed by atoms with van der Waals surface area (Å²) in [6, 6.07) is 0. The van der Waals surface area contributed by atoms with Crippen LogP contribution in [0.1, 0.15) is 258 Å². The maximum absolute atomic E-state index is 12.9. The minimum absolute atomic E-state index is 0.183. The van der Waals surface area contributed by atoms with Crippen molar-refractivity contribution in [3.8, 4) is 0 Å². The number of unbranched alkanes of at least 4 members (excludes halogenated alkanes) is 25. The van der Waals surface area contributed by atoms with Crippen LogP contribution in [0, 0.1) is 0 Å². The van der Waals surface area contributed by atoms with Gasteiger partial charge in [-0.3, -0.25) is 9.59 Å². The van der Waals surface area contributed by atoms with Gasteiger partial charge in [0, 0.05) is 12.8 Å². The first kappa shape index (κ1) is 75.0. The van der Waals surface area contributed by atoms with Crippen molar-refractivity contribution in [1.29, 1.82) is 0 Å². The number of nitrogens with zero attached hydrogens (tertiary/aromatic N) is 1. The first-order chi connectivity index (χ1) is 38.6. The number of carboxylic acids is 1. The Morgan fingerprint density at radius 2 is 0.722 bits per heavy atom. The molecule has 0 bridgehead atoms. The number of aliphatic carboxylic acids is 1. The minimum atomic E-state index is -1.52. The monoisotopic (exact) mass is 1100 g/mol. The highest BCUT2D eigenvalue weighted by Crippen LogP contribution is 2.16. The lowest BCUT2D eigenvalue weighted by atomic mass is 10.0. The summed E-state index contributed by atoms with van der Waals surface area (Å²) in [6.45, 7) is 4.75. The molecule has 0 saturated heterocycles. The molecule has 1 N–H and O–H groups in total. The predicted octanol–water partition coefficient (Wildman–Crippen LogP) is 19.5. The topological polar surface area (TPSA) is 108 Å². The average molecular weight is 1100 g/mol. The molecular formula is C70H120NO8+. The van der Waals surface area contributed by atoms with Crippen molar-refractivity contribution in [2.24, 2.45) is 0 Å². The molecule has 0 spiro atoms. The Morgan fingerprint density at radius 1 is 0.392 bits per heavy atom. The SMILES string of the molecule is CC/C=C\C/C=C\C/C=C\C/C=C\C/C=C\C/C=C\C/C=C\C/C=C\CCCCCCCCCCCCCCCCC(=O)OC(COC(=O)CCCCCCC/C=C\CCCCCCCC)COC(OCC[N+](C)(C)C)C(=O)O. The van der Waals surface area contributed by atoms with Gasteiger partial charge in [0.05, 0.1) is 34.4 Å². The molecule has 0 amide bonds. The largest absolute Gasteiger partial charge is 0.477 e. The summed E-state index contributed by atoms with van der Waals surface area (Å²) in [5.74, 6) is -2.02. The fourth-order valence-corrected chi connectivity index (χ4v) is 8.61. The van der Waals surface area contributed by atoms with Crippen molar-refractivity contribution in [3.05, 3.63) is 109 Å². The molecular weight excluding hydrogens is 983 g/mol. The van der Waals surface area contributed by atoms with Gasteiger partial charge in [0.15, 0.2) is 6.10 Å². The molecule has 0 aliphatic rings. The van der Waals surface area contributed by atoms with E-state index in [1.807, 2.05) is 21.1 Å². The number of carboxylic acid groups (broad SMARTS) is 1. The number of hydrogen-bond acceptors (Lipinski definition) is 7. The van der Waals surface area contributed by atoms with Gasteiger partial charge in [-0.05, 0) is 103 Å². The first-order valence-electron chi connectivity index (χ1n) is 32.1. The van der Waals surface area contributed by atoms with Gasteiger partial charge in [-0.15, -0.1) is 0 Å². The highest BCUT2D eigenvalue weighted by atomic mass is 16.7. The molecule has 9 nitrogen and oxygen atoms in total. The summed E-state index contributed by atoms with van der Waals surface area (Å²) in [5, 5.41) is 9.71. The van der Waals surface area contributed by atoms with Gasteiger partial charge in [0.2, 0.25) is 0 Å². The third-order valence-electron chi connectivity index (χ3n) is 13.5. The van der Waals surface area contributed by atoms with E-state index in [1.54, 1.807) is 0 Å². The molecule has 2 unspecified atom stereocenters. The number of quaternary nitrogens is 1. The van der Waals surface area contributed by atoms with Crippen molar-refractivity contribution >= 4 is 17.9 Å². The zero-order valence-corrected chi connectivity index (χ0v) is 51.5. The molecule has 0 aliphatic carbocycles. The molecule has 0 heterocycles. The molecule has 9 heteroatoms. The third kappa shape index (κ3) is 61.4. The van der Waals surface area contributed by atoms with Crippen molar-refractivity contribution in [2.45, 2.75) is 270 Å². The van der Waals surface area contributed by atoms with E-state index in [1.165, 1.54) is 116 Å². The lowest BCUT2D eigenvalue weighted by Gasteiger charge is -2.25. The Bertz CT molecular complexity index is 1660. The van der Waals surface area contributed by atoms with Crippen molar-refractivity contribution in [2.75, 3.05) is 47.5 Å². The Hall–Kier alpha value is -4.05. The van der Waals surface area contributed by atoms with Crippen LogP contribution in [0.5, 0.6) is 0 Å². The molecule has 0 aromatic rings. The maximum atomic E-state index is 12.9. The van der Waals surface area contributed by atoms with Crippen LogP contribution >= 0.6 is 0 Å². The van der Waals surface area contributed by atoms with E-state index in [4.69, 9.17) is 18.9 Å². The van der Waals surface area contributed by atoms with E-state index < -0.39 is 24.3 Å². The van der Waals surface area contributed by atoms with Gasteiger partial charge in [-0.1, -0.05) is 252 Å². The summed E-state index contributed by atoms with van der Waals surface area (Å²) >= 11 is 0. The maximum Gasteiger partial charge on any atom is 0.361 e. The second-order valence-corrected chi connectivity index (χ2v) is 22.3. The number of ether oxygens (including phenoxy) is 4. The molecule has 0 aromatic heterocycles. The quantitative estimate of drug-likeness (QED) is 0.0211. The lowest BCUT2D eigenvalue weighted by molar-refractivity contribution is -0.870. The van der Waals surface area contributed by atoms with E-state index in [-0.39, 0.29) is 38.6 Å². The van der Waals surface area contributed by atoms with Crippen molar-refractivity contribution in [3.63, 3.8) is 0 Å². The summed E-state index contributed by atoms with van der Waals surface area (Å²) in [5.41, 5.74) is 0. The molecule has 0 rings (SSSR count). The van der Waals surface area contributed by atoms with Gasteiger partial charge >= 0.3 is 17.9 Å². The summed E-state index contributed by atoms with van der Waals surface area (Å²) in [6.07, 6.45) is 80.4. The van der Waals surface area contributed by atoms with Gasteiger partial charge in [-0.25, -0.2) is 4.79 Å². The van der Waals surface area contributed by atoms with Crippen LogP contribution in [-0.4, -0.2) is 87.4 Å². The number of carbonyl (C=O) groups excluding carboxylic acids is 2. The number of hydrogen-bond donors (Lipinski definition) is 1. The number of rotatable bonds is 58. The zero-order chi connectivity index (χ0) is 57.6. The van der Waals surface area contributed by atoms with Crippen LogP contribution in [0.3, 0.4) is 0 Å². The predicted molar refractivity (Wildman–Crippen MR) is 336 cm³/mol. The highest BCUT2D eigenvalue weighted by Gasteiger charge is 2.25. The fourth-order valence-electron chi connectivity index (χ4n) is 8.61. The number of esters is 2. The van der Waals surface area contributed by atoms with Crippen LogP contribution in [-0.2, 0) is 33.3 Å². The molecule has 79 heavy (non-hydrogen) atoms. The van der Waals surface area contributed by atoms with Crippen LogP contribution in [0.25, 0.3) is 0 Å². The number of likely N-dealkylation sites (N-methyl/N-ethyl adjacent to an activating group) is 1. The molecule has 2 atom stereocenters. The average Bonchev–Trinajstić information content (AvgIpc) is 3.42. The van der Waals surface area contributed by atoms with Crippen molar-refractivity contribution < 1.29 is 42.9 Å². The first-order valence-corrected chi connectivity index (χ1v) is 32.1. The van der Waals surface area contributed by atoms with E-state index in [9.17, 15) is 19.5 Å². The second kappa shape index (κ2) is 60.1.